The number of carbonyl (C=O) groups excluding carboxylic acids is 1. The maximum atomic E-state index is 14.4. The highest BCUT2D eigenvalue weighted by Gasteiger charge is 2.21. The molecular weight excluding hydrogens is 523 g/mol. The molecular formula is C25H26BrFN2O4S. The van der Waals surface area contributed by atoms with E-state index in [9.17, 15) is 17.6 Å². The Balaban J connectivity index is 1.59. The molecule has 0 bridgehead atoms. The monoisotopic (exact) mass is 548 g/mol. The first kappa shape index (κ1) is 25.7. The molecule has 3 rings (SSSR count). The second-order valence-electron chi connectivity index (χ2n) is 7.91. The zero-order chi connectivity index (χ0) is 24.9. The molecule has 6 nitrogen and oxygen atoms in total. The largest absolute Gasteiger partial charge is 0.492 e. The van der Waals surface area contributed by atoms with Crippen LogP contribution < -0.4 is 14.4 Å². The topological polar surface area (TPSA) is 75.7 Å². The van der Waals surface area contributed by atoms with Crippen LogP contribution in [0.4, 0.5) is 10.1 Å². The molecule has 0 saturated carbocycles. The summed E-state index contributed by atoms with van der Waals surface area (Å²) in [6, 6.07) is 16.5. The van der Waals surface area contributed by atoms with Crippen molar-refractivity contribution >= 4 is 37.5 Å². The summed E-state index contributed by atoms with van der Waals surface area (Å²) in [6.45, 7) is 4.64. The normalized spacial score (nSPS) is 11.2. The first-order valence-electron chi connectivity index (χ1n) is 10.5. The van der Waals surface area contributed by atoms with Crippen LogP contribution in [0, 0.1) is 19.7 Å². The van der Waals surface area contributed by atoms with Crippen molar-refractivity contribution in [1.29, 1.82) is 0 Å². The Morgan fingerprint density at radius 3 is 2.35 bits per heavy atom. The van der Waals surface area contributed by atoms with Crippen LogP contribution in [0.5, 0.6) is 5.75 Å². The third kappa shape index (κ3) is 6.80. The van der Waals surface area contributed by atoms with Crippen LogP contribution >= 0.6 is 15.9 Å². The average molecular weight is 549 g/mol. The van der Waals surface area contributed by atoms with E-state index >= 15 is 0 Å². The number of ether oxygens (including phenoxy) is 1. The quantitative estimate of drug-likeness (QED) is 0.382. The van der Waals surface area contributed by atoms with E-state index in [-0.39, 0.29) is 18.1 Å². The summed E-state index contributed by atoms with van der Waals surface area (Å²) < 4.78 is 46.2. The van der Waals surface area contributed by atoms with Crippen molar-refractivity contribution in [2.24, 2.45) is 0 Å². The van der Waals surface area contributed by atoms with Crippen LogP contribution in [0.3, 0.4) is 0 Å². The molecule has 0 aromatic heterocycles. The third-order valence-corrected chi connectivity index (χ3v) is 6.88. The highest BCUT2D eigenvalue weighted by Crippen LogP contribution is 2.27. The van der Waals surface area contributed by atoms with Crippen LogP contribution in [0.2, 0.25) is 0 Å². The molecule has 1 N–H and O–H groups in total. The zero-order valence-electron chi connectivity index (χ0n) is 19.1. The Labute approximate surface area is 207 Å². The molecule has 0 aliphatic heterocycles. The van der Waals surface area contributed by atoms with Crippen molar-refractivity contribution in [2.45, 2.75) is 20.4 Å². The highest BCUT2D eigenvalue weighted by molar-refractivity contribution is 9.10. The Morgan fingerprint density at radius 1 is 1.03 bits per heavy atom. The van der Waals surface area contributed by atoms with E-state index in [0.29, 0.717) is 28.8 Å². The Bertz CT molecular complexity index is 1280. The first-order valence-corrected chi connectivity index (χ1v) is 13.2. The van der Waals surface area contributed by atoms with Crippen LogP contribution in [-0.4, -0.2) is 33.7 Å². The van der Waals surface area contributed by atoms with Gasteiger partial charge in [-0.2, -0.15) is 0 Å². The lowest BCUT2D eigenvalue weighted by atomic mass is 10.1. The van der Waals surface area contributed by atoms with Gasteiger partial charge in [0, 0.05) is 10.0 Å². The Kier molecular flexibility index (Phi) is 8.33. The molecule has 3 aromatic rings. The van der Waals surface area contributed by atoms with Gasteiger partial charge in [-0.3, -0.25) is 9.10 Å². The average Bonchev–Trinajstić information content (AvgIpc) is 2.77. The maximum Gasteiger partial charge on any atom is 0.251 e. The van der Waals surface area contributed by atoms with Crippen molar-refractivity contribution in [2.75, 3.05) is 23.7 Å². The minimum atomic E-state index is -3.74. The molecule has 0 aliphatic rings. The van der Waals surface area contributed by atoms with Gasteiger partial charge >= 0.3 is 0 Å². The Hall–Kier alpha value is -2.91. The number of anilines is 1. The molecule has 1 amide bonds. The fourth-order valence-corrected chi connectivity index (χ4v) is 4.45. The van der Waals surface area contributed by atoms with Crippen LogP contribution in [0.1, 0.15) is 27.0 Å². The number of benzene rings is 3. The summed E-state index contributed by atoms with van der Waals surface area (Å²) in [5.41, 5.74) is 3.32. The lowest BCUT2D eigenvalue weighted by Crippen LogP contribution is -2.30. The number of nitrogens with zero attached hydrogens (tertiary/aromatic N) is 1. The minimum Gasteiger partial charge on any atom is -0.492 e. The summed E-state index contributed by atoms with van der Waals surface area (Å²) >= 11 is 3.17. The molecule has 0 saturated heterocycles. The fourth-order valence-electron chi connectivity index (χ4n) is 3.23. The SMILES string of the molecule is Cc1ccc(OCCNC(=O)c2ccc(CN(c3ccc(Br)cc3F)S(C)(=O)=O)cc2)cc1C. The van der Waals surface area contributed by atoms with Gasteiger partial charge < -0.3 is 10.1 Å². The number of sulfonamides is 1. The van der Waals surface area contributed by atoms with E-state index in [2.05, 4.69) is 21.2 Å². The number of hydrogen-bond acceptors (Lipinski definition) is 4. The van der Waals surface area contributed by atoms with E-state index < -0.39 is 15.8 Å². The van der Waals surface area contributed by atoms with Gasteiger partial charge in [0.15, 0.2) is 0 Å². The van der Waals surface area contributed by atoms with Gasteiger partial charge in [-0.15, -0.1) is 0 Å². The van der Waals surface area contributed by atoms with Crippen LogP contribution in [-0.2, 0) is 16.6 Å². The highest BCUT2D eigenvalue weighted by atomic mass is 79.9. The van der Waals surface area contributed by atoms with E-state index in [1.54, 1.807) is 30.3 Å². The fraction of sp³-hybridized carbons (Fsp3) is 0.240. The van der Waals surface area contributed by atoms with Crippen molar-refractivity contribution in [3.8, 4) is 5.75 Å². The molecule has 0 heterocycles. The van der Waals surface area contributed by atoms with E-state index in [4.69, 9.17) is 4.74 Å². The number of carbonyl (C=O) groups is 1. The molecule has 3 aromatic carbocycles. The predicted molar refractivity (Wildman–Crippen MR) is 135 cm³/mol. The number of nitrogens with one attached hydrogen (secondary N) is 1. The summed E-state index contributed by atoms with van der Waals surface area (Å²) in [7, 11) is -3.74. The van der Waals surface area contributed by atoms with Gasteiger partial charge in [-0.25, -0.2) is 12.8 Å². The number of amides is 1. The number of halogens is 2. The first-order chi connectivity index (χ1) is 16.0. The smallest absolute Gasteiger partial charge is 0.251 e. The van der Waals surface area contributed by atoms with E-state index in [0.717, 1.165) is 21.9 Å². The number of rotatable bonds is 9. The minimum absolute atomic E-state index is 0.0451. The molecule has 0 aliphatic carbocycles. The Morgan fingerprint density at radius 2 is 1.74 bits per heavy atom. The lowest BCUT2D eigenvalue weighted by molar-refractivity contribution is 0.0947. The third-order valence-electron chi connectivity index (χ3n) is 5.26. The van der Waals surface area contributed by atoms with Gasteiger partial charge in [0.05, 0.1) is 25.0 Å². The number of aryl methyl sites for hydroxylation is 2. The summed E-state index contributed by atoms with van der Waals surface area (Å²) in [6.07, 6.45) is 1.02. The molecule has 0 fully saturated rings. The lowest BCUT2D eigenvalue weighted by Gasteiger charge is -2.23. The van der Waals surface area contributed by atoms with Gasteiger partial charge in [-0.1, -0.05) is 34.1 Å². The van der Waals surface area contributed by atoms with E-state index in [1.165, 1.54) is 17.7 Å². The van der Waals surface area contributed by atoms with Crippen LogP contribution in [0.15, 0.2) is 65.1 Å². The van der Waals surface area contributed by atoms with Gasteiger partial charge in [0.2, 0.25) is 10.0 Å². The van der Waals surface area contributed by atoms with Crippen LogP contribution in [0.25, 0.3) is 0 Å². The molecule has 34 heavy (non-hydrogen) atoms. The molecule has 0 unspecified atom stereocenters. The van der Waals surface area contributed by atoms with Gasteiger partial charge in [0.1, 0.15) is 18.2 Å². The van der Waals surface area contributed by atoms with Crippen molar-refractivity contribution in [3.05, 3.63) is 93.2 Å². The molecule has 180 valence electrons. The van der Waals surface area contributed by atoms with Crippen molar-refractivity contribution in [3.63, 3.8) is 0 Å². The standard InChI is InChI=1S/C25H26BrFN2O4S/c1-17-4-10-22(14-18(17)2)33-13-12-28-25(30)20-7-5-19(6-8-20)16-29(34(3,31)32)24-11-9-21(26)15-23(24)27/h4-11,14-15H,12-13,16H2,1-3H3,(H,28,30). The number of hydrogen-bond donors (Lipinski definition) is 1. The summed E-state index contributed by atoms with van der Waals surface area (Å²) in [5.74, 6) is -0.174. The molecule has 9 heteroatoms. The molecule has 0 radical (unpaired) electrons. The molecule has 0 atom stereocenters. The second kappa shape index (κ2) is 11.0. The van der Waals surface area contributed by atoms with Crippen molar-refractivity contribution < 1.29 is 22.3 Å². The van der Waals surface area contributed by atoms with E-state index in [1.807, 2.05) is 32.0 Å². The van der Waals surface area contributed by atoms with Gasteiger partial charge in [0.25, 0.3) is 5.91 Å². The summed E-state index contributed by atoms with van der Waals surface area (Å²) in [4.78, 5) is 12.4. The van der Waals surface area contributed by atoms with Gasteiger partial charge in [-0.05, 0) is 73.0 Å². The molecule has 0 spiro atoms. The predicted octanol–water partition coefficient (Wildman–Crippen LogP) is 4.98. The maximum absolute atomic E-state index is 14.4. The second-order valence-corrected chi connectivity index (χ2v) is 10.7. The zero-order valence-corrected chi connectivity index (χ0v) is 21.5. The van der Waals surface area contributed by atoms with Crippen molar-refractivity contribution in [1.82, 2.24) is 5.32 Å². The summed E-state index contributed by atoms with van der Waals surface area (Å²) in [5, 5.41) is 2.79.